The van der Waals surface area contributed by atoms with Gasteiger partial charge in [0.15, 0.2) is 11.5 Å². The van der Waals surface area contributed by atoms with Gasteiger partial charge in [-0.1, -0.05) is 12.1 Å². The molecule has 2 aromatic carbocycles. The van der Waals surface area contributed by atoms with Crippen LogP contribution < -0.4 is 4.74 Å². The second kappa shape index (κ2) is 7.35. The molecule has 5 heteroatoms. The molecule has 0 aliphatic carbocycles. The topological polar surface area (TPSA) is 62.7 Å². The summed E-state index contributed by atoms with van der Waals surface area (Å²) in [6.45, 7) is 5.21. The van der Waals surface area contributed by atoms with Gasteiger partial charge in [0.2, 0.25) is 0 Å². The first kappa shape index (κ1) is 18.0. The van der Waals surface area contributed by atoms with E-state index in [1.807, 2.05) is 50.2 Å². The van der Waals surface area contributed by atoms with Crippen molar-refractivity contribution in [1.82, 2.24) is 9.88 Å². The molecule has 0 unspecified atom stereocenters. The first-order chi connectivity index (χ1) is 13.5. The molecule has 1 aliphatic rings. The number of amides is 1. The normalized spacial score (nSPS) is 13.4. The largest absolute Gasteiger partial charge is 0.504 e. The minimum Gasteiger partial charge on any atom is -0.504 e. The molecule has 1 aliphatic heterocycles. The fourth-order valence-corrected chi connectivity index (χ4v) is 3.43. The number of pyridine rings is 1. The molecule has 1 amide bonds. The summed E-state index contributed by atoms with van der Waals surface area (Å²) in [4.78, 5) is 19.0. The molecular formula is C23H22N2O3. The van der Waals surface area contributed by atoms with Crippen LogP contribution in [-0.4, -0.2) is 34.0 Å². The van der Waals surface area contributed by atoms with E-state index in [0.717, 1.165) is 27.8 Å². The van der Waals surface area contributed by atoms with Gasteiger partial charge < -0.3 is 14.7 Å². The van der Waals surface area contributed by atoms with Crippen LogP contribution in [0.2, 0.25) is 0 Å². The summed E-state index contributed by atoms with van der Waals surface area (Å²) in [6.07, 6.45) is 3.45. The van der Waals surface area contributed by atoms with Crippen molar-refractivity contribution in [1.29, 1.82) is 0 Å². The van der Waals surface area contributed by atoms with Crippen molar-refractivity contribution in [2.45, 2.75) is 20.4 Å². The Hall–Kier alpha value is -3.34. The lowest BCUT2D eigenvalue weighted by Gasteiger charge is -2.20. The fraction of sp³-hybridized carbons (Fsp3) is 0.217. The average Bonchev–Trinajstić information content (AvgIpc) is 2.93. The number of fused-ring (bicyclic) bond motifs is 1. The van der Waals surface area contributed by atoms with Gasteiger partial charge in [0.1, 0.15) is 6.61 Å². The lowest BCUT2D eigenvalue weighted by Crippen LogP contribution is -2.32. The van der Waals surface area contributed by atoms with E-state index in [2.05, 4.69) is 4.98 Å². The SMILES string of the molecule is Cc1ccc(C(=O)N2CCOc3c(O)cc(-c4cccnc4)cc3C2)cc1C. The van der Waals surface area contributed by atoms with E-state index in [4.69, 9.17) is 4.74 Å². The summed E-state index contributed by atoms with van der Waals surface area (Å²) in [7, 11) is 0. The van der Waals surface area contributed by atoms with Crippen LogP contribution in [0, 0.1) is 13.8 Å². The Morgan fingerprint density at radius 3 is 2.71 bits per heavy atom. The molecule has 0 fully saturated rings. The van der Waals surface area contributed by atoms with Crippen molar-refractivity contribution in [3.05, 3.63) is 77.1 Å². The molecule has 0 radical (unpaired) electrons. The number of nitrogens with zero attached hydrogens (tertiary/aromatic N) is 2. The summed E-state index contributed by atoms with van der Waals surface area (Å²) in [6, 6.07) is 13.2. The molecule has 0 bridgehead atoms. The monoisotopic (exact) mass is 374 g/mol. The maximum atomic E-state index is 13.1. The Bertz CT molecular complexity index is 1030. The van der Waals surface area contributed by atoms with Gasteiger partial charge in [-0.3, -0.25) is 9.78 Å². The highest BCUT2D eigenvalue weighted by atomic mass is 16.5. The van der Waals surface area contributed by atoms with Gasteiger partial charge in [-0.2, -0.15) is 0 Å². The standard InChI is InChI=1S/C23H22N2O3/c1-15-5-6-17(10-16(15)2)23(27)25-8-9-28-22-20(14-25)11-19(12-21(22)26)18-4-3-7-24-13-18/h3-7,10-13,26H,8-9,14H2,1-2H3. The highest BCUT2D eigenvalue weighted by Gasteiger charge is 2.24. The predicted molar refractivity (Wildman–Crippen MR) is 107 cm³/mol. The van der Waals surface area contributed by atoms with E-state index >= 15 is 0 Å². The van der Waals surface area contributed by atoms with Crippen LogP contribution in [-0.2, 0) is 6.54 Å². The number of phenolic OH excluding ortho intramolecular Hbond substituents is 1. The predicted octanol–water partition coefficient (Wildman–Crippen LogP) is 4.11. The van der Waals surface area contributed by atoms with E-state index < -0.39 is 0 Å². The Kier molecular flexibility index (Phi) is 4.74. The number of aryl methyl sites for hydroxylation is 2. The van der Waals surface area contributed by atoms with Crippen molar-refractivity contribution in [3.8, 4) is 22.6 Å². The maximum Gasteiger partial charge on any atom is 0.254 e. The van der Waals surface area contributed by atoms with Crippen molar-refractivity contribution in [2.75, 3.05) is 13.2 Å². The average molecular weight is 374 g/mol. The third-order valence-electron chi connectivity index (χ3n) is 5.15. The molecule has 1 aromatic heterocycles. The van der Waals surface area contributed by atoms with Crippen LogP contribution in [0.25, 0.3) is 11.1 Å². The van der Waals surface area contributed by atoms with Crippen LogP contribution in [0.1, 0.15) is 27.0 Å². The fourth-order valence-electron chi connectivity index (χ4n) is 3.43. The summed E-state index contributed by atoms with van der Waals surface area (Å²) in [5, 5.41) is 10.5. The third-order valence-corrected chi connectivity index (χ3v) is 5.15. The number of aromatic hydroxyl groups is 1. The molecular weight excluding hydrogens is 352 g/mol. The lowest BCUT2D eigenvalue weighted by molar-refractivity contribution is 0.0733. The Morgan fingerprint density at radius 1 is 1.11 bits per heavy atom. The van der Waals surface area contributed by atoms with Crippen molar-refractivity contribution in [2.24, 2.45) is 0 Å². The van der Waals surface area contributed by atoms with E-state index in [9.17, 15) is 9.90 Å². The summed E-state index contributed by atoms with van der Waals surface area (Å²) in [5.41, 5.74) is 5.44. The third kappa shape index (κ3) is 3.43. The van der Waals surface area contributed by atoms with E-state index in [0.29, 0.717) is 31.0 Å². The molecule has 3 aromatic rings. The first-order valence-corrected chi connectivity index (χ1v) is 9.28. The number of hydrogen-bond donors (Lipinski definition) is 1. The molecule has 0 spiro atoms. The lowest BCUT2D eigenvalue weighted by atomic mass is 10.0. The highest BCUT2D eigenvalue weighted by molar-refractivity contribution is 5.94. The molecule has 4 rings (SSSR count). The maximum absolute atomic E-state index is 13.1. The quantitative estimate of drug-likeness (QED) is 0.733. The Labute approximate surface area is 164 Å². The van der Waals surface area contributed by atoms with Crippen LogP contribution in [0.4, 0.5) is 0 Å². The van der Waals surface area contributed by atoms with Crippen LogP contribution in [0.5, 0.6) is 11.5 Å². The number of aromatic nitrogens is 1. The highest BCUT2D eigenvalue weighted by Crippen LogP contribution is 2.37. The number of rotatable bonds is 2. The minimum absolute atomic E-state index is 0.0363. The zero-order valence-corrected chi connectivity index (χ0v) is 16.0. The minimum atomic E-state index is -0.0363. The second-order valence-electron chi connectivity index (χ2n) is 7.10. The van der Waals surface area contributed by atoms with E-state index in [1.165, 1.54) is 0 Å². The molecule has 1 N–H and O–H groups in total. The number of ether oxygens (including phenoxy) is 1. The molecule has 2 heterocycles. The van der Waals surface area contributed by atoms with Gasteiger partial charge in [0.05, 0.1) is 6.54 Å². The van der Waals surface area contributed by atoms with Gasteiger partial charge in [-0.25, -0.2) is 0 Å². The van der Waals surface area contributed by atoms with Gasteiger partial charge in [-0.05, 0) is 60.9 Å². The number of phenols is 1. The van der Waals surface area contributed by atoms with Crippen LogP contribution >= 0.6 is 0 Å². The van der Waals surface area contributed by atoms with Gasteiger partial charge in [-0.15, -0.1) is 0 Å². The number of benzene rings is 2. The van der Waals surface area contributed by atoms with Crippen molar-refractivity contribution in [3.63, 3.8) is 0 Å². The summed E-state index contributed by atoms with van der Waals surface area (Å²) < 4.78 is 5.77. The first-order valence-electron chi connectivity index (χ1n) is 9.28. The number of carbonyl (C=O) groups excluding carboxylic acids is 1. The Balaban J connectivity index is 1.68. The second-order valence-corrected chi connectivity index (χ2v) is 7.10. The number of carbonyl (C=O) groups is 1. The molecule has 0 atom stereocenters. The molecule has 142 valence electrons. The smallest absolute Gasteiger partial charge is 0.254 e. The van der Waals surface area contributed by atoms with Gasteiger partial charge in [0, 0.05) is 35.6 Å². The van der Waals surface area contributed by atoms with Crippen molar-refractivity contribution < 1.29 is 14.6 Å². The summed E-state index contributed by atoms with van der Waals surface area (Å²) >= 11 is 0. The zero-order valence-electron chi connectivity index (χ0n) is 16.0. The number of hydrogen-bond acceptors (Lipinski definition) is 4. The van der Waals surface area contributed by atoms with Crippen LogP contribution in [0.15, 0.2) is 54.9 Å². The molecule has 28 heavy (non-hydrogen) atoms. The molecule has 0 saturated carbocycles. The molecule has 5 nitrogen and oxygen atoms in total. The van der Waals surface area contributed by atoms with Gasteiger partial charge >= 0.3 is 0 Å². The summed E-state index contributed by atoms with van der Waals surface area (Å²) in [5.74, 6) is 0.491. The van der Waals surface area contributed by atoms with E-state index in [-0.39, 0.29) is 11.7 Å². The molecule has 0 saturated heterocycles. The van der Waals surface area contributed by atoms with Crippen molar-refractivity contribution >= 4 is 5.91 Å². The van der Waals surface area contributed by atoms with E-state index in [1.54, 1.807) is 23.4 Å². The Morgan fingerprint density at radius 2 is 1.96 bits per heavy atom. The van der Waals surface area contributed by atoms with Crippen LogP contribution in [0.3, 0.4) is 0 Å². The van der Waals surface area contributed by atoms with Gasteiger partial charge in [0.25, 0.3) is 5.91 Å². The zero-order chi connectivity index (χ0) is 19.7.